The molecule has 1 N–H and O–H groups in total. The van der Waals surface area contributed by atoms with Gasteiger partial charge in [-0.3, -0.25) is 9.67 Å². The summed E-state index contributed by atoms with van der Waals surface area (Å²) in [5.41, 5.74) is 4.36. The van der Waals surface area contributed by atoms with Crippen LogP contribution in [0, 0.1) is 5.82 Å². The van der Waals surface area contributed by atoms with Gasteiger partial charge in [-0.2, -0.15) is 5.10 Å². The molecule has 1 aliphatic rings. The van der Waals surface area contributed by atoms with Crippen LogP contribution < -0.4 is 10.1 Å². The zero-order valence-corrected chi connectivity index (χ0v) is 16.6. The van der Waals surface area contributed by atoms with E-state index in [1.54, 1.807) is 23.9 Å². The molecule has 0 saturated carbocycles. The molecule has 1 fully saturated rings. The molecule has 29 heavy (non-hydrogen) atoms. The number of hydrogen-bond donors (Lipinski definition) is 1. The fraction of sp³-hybridized carbons (Fsp3) is 0.304. The van der Waals surface area contributed by atoms with Gasteiger partial charge in [-0.15, -0.1) is 0 Å². The van der Waals surface area contributed by atoms with E-state index in [9.17, 15) is 4.39 Å². The molecule has 0 bridgehead atoms. The number of fused-ring (bicyclic) bond motifs is 2. The van der Waals surface area contributed by atoms with Crippen molar-refractivity contribution in [2.75, 3.05) is 20.2 Å². The monoisotopic (exact) mass is 390 g/mol. The van der Waals surface area contributed by atoms with E-state index in [1.165, 1.54) is 0 Å². The van der Waals surface area contributed by atoms with Gasteiger partial charge in [0, 0.05) is 41.2 Å². The number of benzene rings is 2. The van der Waals surface area contributed by atoms with Crippen LogP contribution in [0.1, 0.15) is 24.5 Å². The number of nitrogens with one attached hydrogen (secondary N) is 1. The maximum atomic E-state index is 14.5. The van der Waals surface area contributed by atoms with Gasteiger partial charge in [-0.25, -0.2) is 4.39 Å². The molecular weight excluding hydrogens is 367 g/mol. The summed E-state index contributed by atoms with van der Waals surface area (Å²) in [5, 5.41) is 9.63. The highest BCUT2D eigenvalue weighted by atomic mass is 19.1. The number of ether oxygens (including phenoxy) is 1. The molecule has 5 rings (SSSR count). The Balaban J connectivity index is 1.72. The van der Waals surface area contributed by atoms with Crippen LogP contribution in [-0.2, 0) is 7.05 Å². The number of rotatable bonds is 3. The van der Waals surface area contributed by atoms with Crippen molar-refractivity contribution < 1.29 is 9.13 Å². The van der Waals surface area contributed by atoms with E-state index < -0.39 is 0 Å². The standard InChI is InChI=1S/C23H23FN4O/c1-28-13-17-9-16(11-21(29-2)23(17)27-28)19-12-18(24)10-15-3-4-20(26-22(15)19)14-5-7-25-8-6-14/h3-4,9-14,25H,5-8H2,1-2H3. The zero-order valence-electron chi connectivity index (χ0n) is 16.6. The molecule has 6 heteroatoms. The van der Waals surface area contributed by atoms with Crippen LogP contribution in [0.25, 0.3) is 32.9 Å². The summed E-state index contributed by atoms with van der Waals surface area (Å²) in [7, 11) is 3.51. The second-order valence-electron chi connectivity index (χ2n) is 7.70. The molecular formula is C23H23FN4O. The van der Waals surface area contributed by atoms with Crippen molar-refractivity contribution in [3.8, 4) is 16.9 Å². The molecule has 0 spiro atoms. The van der Waals surface area contributed by atoms with E-state index in [1.807, 2.05) is 37.5 Å². The van der Waals surface area contributed by atoms with Gasteiger partial charge >= 0.3 is 0 Å². The third kappa shape index (κ3) is 3.23. The van der Waals surface area contributed by atoms with Gasteiger partial charge in [0.15, 0.2) is 0 Å². The quantitative estimate of drug-likeness (QED) is 0.563. The highest BCUT2D eigenvalue weighted by molar-refractivity contribution is 5.98. The Hall–Kier alpha value is -2.99. The van der Waals surface area contributed by atoms with Gasteiger partial charge in [-0.1, -0.05) is 6.07 Å². The molecule has 148 valence electrons. The normalized spacial score (nSPS) is 15.3. The highest BCUT2D eigenvalue weighted by Gasteiger charge is 2.19. The lowest BCUT2D eigenvalue weighted by Gasteiger charge is -2.22. The summed E-state index contributed by atoms with van der Waals surface area (Å²) in [5.74, 6) is 0.841. The number of aryl methyl sites for hydroxylation is 1. The first kappa shape index (κ1) is 18.1. The number of aromatic nitrogens is 3. The Morgan fingerprint density at radius 3 is 2.69 bits per heavy atom. The van der Waals surface area contributed by atoms with Gasteiger partial charge < -0.3 is 10.1 Å². The van der Waals surface area contributed by atoms with Crippen molar-refractivity contribution in [1.29, 1.82) is 0 Å². The average molecular weight is 390 g/mol. The van der Waals surface area contributed by atoms with Crippen molar-refractivity contribution in [1.82, 2.24) is 20.1 Å². The van der Waals surface area contributed by atoms with Crippen molar-refractivity contribution in [2.45, 2.75) is 18.8 Å². The Kier molecular flexibility index (Phi) is 4.43. The van der Waals surface area contributed by atoms with Crippen LogP contribution in [0.2, 0.25) is 0 Å². The Labute approximate surface area is 168 Å². The average Bonchev–Trinajstić information content (AvgIpc) is 3.12. The first-order valence-corrected chi connectivity index (χ1v) is 9.95. The van der Waals surface area contributed by atoms with E-state index in [4.69, 9.17) is 9.72 Å². The predicted molar refractivity (Wildman–Crippen MR) is 113 cm³/mol. The van der Waals surface area contributed by atoms with E-state index in [0.717, 1.165) is 64.6 Å². The van der Waals surface area contributed by atoms with Gasteiger partial charge in [-0.05, 0) is 61.8 Å². The maximum absolute atomic E-state index is 14.5. The Morgan fingerprint density at radius 2 is 1.90 bits per heavy atom. The predicted octanol–water partition coefficient (Wildman–Crippen LogP) is 4.40. The first-order valence-electron chi connectivity index (χ1n) is 9.95. The third-order valence-corrected chi connectivity index (χ3v) is 5.76. The number of pyridine rings is 1. The lowest BCUT2D eigenvalue weighted by atomic mass is 9.93. The van der Waals surface area contributed by atoms with Crippen LogP contribution in [0.3, 0.4) is 0 Å². The SMILES string of the molecule is COc1cc(-c2cc(F)cc3ccc(C4CCNCC4)nc23)cc2cn(C)nc12. The topological polar surface area (TPSA) is 52.0 Å². The van der Waals surface area contributed by atoms with Gasteiger partial charge in [0.25, 0.3) is 0 Å². The molecule has 0 amide bonds. The molecule has 1 aliphatic heterocycles. The largest absolute Gasteiger partial charge is 0.494 e. The summed E-state index contributed by atoms with van der Waals surface area (Å²) in [6.45, 7) is 2.02. The van der Waals surface area contributed by atoms with Gasteiger partial charge in [0.05, 0.1) is 12.6 Å². The van der Waals surface area contributed by atoms with Crippen LogP contribution >= 0.6 is 0 Å². The molecule has 0 radical (unpaired) electrons. The first-order chi connectivity index (χ1) is 14.1. The molecule has 2 aromatic carbocycles. The molecule has 3 heterocycles. The fourth-order valence-electron chi connectivity index (χ4n) is 4.31. The van der Waals surface area contributed by atoms with E-state index in [-0.39, 0.29) is 5.82 Å². The second-order valence-corrected chi connectivity index (χ2v) is 7.70. The summed E-state index contributed by atoms with van der Waals surface area (Å²) >= 11 is 0. The van der Waals surface area contributed by atoms with Crippen molar-refractivity contribution in [3.05, 3.63) is 54.1 Å². The molecule has 0 aliphatic carbocycles. The van der Waals surface area contributed by atoms with Crippen LogP contribution in [0.15, 0.2) is 42.6 Å². The molecule has 0 atom stereocenters. The van der Waals surface area contributed by atoms with Crippen LogP contribution in [-0.4, -0.2) is 35.0 Å². The number of hydrogen-bond acceptors (Lipinski definition) is 4. The van der Waals surface area contributed by atoms with Gasteiger partial charge in [0.2, 0.25) is 0 Å². The fourth-order valence-corrected chi connectivity index (χ4v) is 4.31. The Bertz CT molecular complexity index is 1210. The molecule has 1 saturated heterocycles. The lowest BCUT2D eigenvalue weighted by Crippen LogP contribution is -2.27. The zero-order chi connectivity index (χ0) is 20.0. The minimum absolute atomic E-state index is 0.269. The number of methoxy groups -OCH3 is 1. The van der Waals surface area contributed by atoms with Crippen LogP contribution in [0.5, 0.6) is 5.75 Å². The van der Waals surface area contributed by atoms with Crippen LogP contribution in [0.4, 0.5) is 4.39 Å². The summed E-state index contributed by atoms with van der Waals surface area (Å²) < 4.78 is 21.8. The lowest BCUT2D eigenvalue weighted by molar-refractivity contribution is 0.418. The Morgan fingerprint density at radius 1 is 1.07 bits per heavy atom. The molecule has 0 unspecified atom stereocenters. The number of halogens is 1. The van der Waals surface area contributed by atoms with Crippen molar-refractivity contribution in [3.63, 3.8) is 0 Å². The minimum Gasteiger partial charge on any atom is -0.494 e. The summed E-state index contributed by atoms with van der Waals surface area (Å²) in [4.78, 5) is 5.00. The summed E-state index contributed by atoms with van der Waals surface area (Å²) in [6, 6.07) is 11.1. The number of nitrogens with zero attached hydrogens (tertiary/aromatic N) is 3. The molecule has 2 aromatic heterocycles. The van der Waals surface area contributed by atoms with Crippen molar-refractivity contribution in [2.24, 2.45) is 7.05 Å². The number of piperidine rings is 1. The van der Waals surface area contributed by atoms with Crippen molar-refractivity contribution >= 4 is 21.8 Å². The third-order valence-electron chi connectivity index (χ3n) is 5.76. The second kappa shape index (κ2) is 7.12. The van der Waals surface area contributed by atoms with Gasteiger partial charge in [0.1, 0.15) is 17.1 Å². The molecule has 4 aromatic rings. The minimum atomic E-state index is -0.269. The summed E-state index contributed by atoms with van der Waals surface area (Å²) in [6.07, 6.45) is 4.09. The maximum Gasteiger partial charge on any atom is 0.147 e. The van der Waals surface area contributed by atoms with E-state index in [0.29, 0.717) is 11.7 Å². The highest BCUT2D eigenvalue weighted by Crippen LogP contribution is 2.36. The smallest absolute Gasteiger partial charge is 0.147 e. The molecule has 5 nitrogen and oxygen atoms in total. The van der Waals surface area contributed by atoms with E-state index in [2.05, 4.69) is 10.4 Å². The van der Waals surface area contributed by atoms with E-state index >= 15 is 0 Å².